The summed E-state index contributed by atoms with van der Waals surface area (Å²) in [5.74, 6) is 1.79. The van der Waals surface area contributed by atoms with E-state index in [0.29, 0.717) is 30.6 Å². The van der Waals surface area contributed by atoms with Gasteiger partial charge in [0.1, 0.15) is 5.69 Å². The summed E-state index contributed by atoms with van der Waals surface area (Å²) in [6, 6.07) is 1.78. The van der Waals surface area contributed by atoms with Crippen LogP contribution in [0.4, 0.5) is 0 Å². The van der Waals surface area contributed by atoms with Gasteiger partial charge in [-0.25, -0.2) is 0 Å². The standard InChI is InChI=1S/C14H22N2O3/c1-17-13-6-7-16-11(14(13)18-2)9-19-12-5-3-4-10(12)8-15/h6-7,10,12H,3-5,8-9,15H2,1-2H3. The number of pyridine rings is 1. The number of methoxy groups -OCH3 is 2. The Labute approximate surface area is 114 Å². The summed E-state index contributed by atoms with van der Waals surface area (Å²) < 4.78 is 16.6. The summed E-state index contributed by atoms with van der Waals surface area (Å²) >= 11 is 0. The fourth-order valence-electron chi connectivity index (χ4n) is 2.63. The van der Waals surface area contributed by atoms with E-state index >= 15 is 0 Å². The van der Waals surface area contributed by atoms with Crippen molar-refractivity contribution >= 4 is 0 Å². The molecule has 1 aliphatic rings. The van der Waals surface area contributed by atoms with E-state index in [1.807, 2.05) is 0 Å². The third-order valence-electron chi connectivity index (χ3n) is 3.69. The smallest absolute Gasteiger partial charge is 0.184 e. The second-order valence-corrected chi connectivity index (χ2v) is 4.77. The lowest BCUT2D eigenvalue weighted by molar-refractivity contribution is 0.0155. The van der Waals surface area contributed by atoms with Gasteiger partial charge in [-0.1, -0.05) is 6.42 Å². The van der Waals surface area contributed by atoms with Crippen LogP contribution in [0.25, 0.3) is 0 Å². The second-order valence-electron chi connectivity index (χ2n) is 4.77. The van der Waals surface area contributed by atoms with Crippen molar-refractivity contribution in [1.82, 2.24) is 4.98 Å². The van der Waals surface area contributed by atoms with Crippen molar-refractivity contribution in [2.75, 3.05) is 20.8 Å². The predicted molar refractivity (Wildman–Crippen MR) is 72.3 cm³/mol. The Balaban J connectivity index is 2.03. The molecule has 1 aromatic heterocycles. The van der Waals surface area contributed by atoms with Crippen LogP contribution in [0.5, 0.6) is 11.5 Å². The molecule has 2 rings (SSSR count). The monoisotopic (exact) mass is 266 g/mol. The highest BCUT2D eigenvalue weighted by molar-refractivity contribution is 5.42. The van der Waals surface area contributed by atoms with Gasteiger partial charge in [0.05, 0.1) is 26.9 Å². The van der Waals surface area contributed by atoms with Crippen LogP contribution in [0.2, 0.25) is 0 Å². The molecule has 1 aliphatic carbocycles. The summed E-state index contributed by atoms with van der Waals surface area (Å²) in [5, 5.41) is 0. The van der Waals surface area contributed by atoms with Crippen molar-refractivity contribution in [1.29, 1.82) is 0 Å². The van der Waals surface area contributed by atoms with E-state index in [1.54, 1.807) is 26.5 Å². The first-order valence-electron chi connectivity index (χ1n) is 6.67. The Morgan fingerprint density at radius 3 is 2.84 bits per heavy atom. The molecule has 5 heteroatoms. The van der Waals surface area contributed by atoms with Crippen molar-refractivity contribution in [2.24, 2.45) is 11.7 Å². The highest BCUT2D eigenvalue weighted by Gasteiger charge is 2.27. The zero-order valence-corrected chi connectivity index (χ0v) is 11.6. The zero-order valence-electron chi connectivity index (χ0n) is 11.6. The van der Waals surface area contributed by atoms with Gasteiger partial charge < -0.3 is 19.9 Å². The Hall–Kier alpha value is -1.33. The molecule has 2 atom stereocenters. The third-order valence-corrected chi connectivity index (χ3v) is 3.69. The Kier molecular flexibility index (Phi) is 4.99. The van der Waals surface area contributed by atoms with Gasteiger partial charge in [-0.3, -0.25) is 4.98 Å². The topological polar surface area (TPSA) is 66.6 Å². The summed E-state index contributed by atoms with van der Waals surface area (Å²) in [4.78, 5) is 4.31. The lowest BCUT2D eigenvalue weighted by Crippen LogP contribution is -2.25. The first kappa shape index (κ1) is 14.1. The predicted octanol–water partition coefficient (Wildman–Crippen LogP) is 1.74. The van der Waals surface area contributed by atoms with Gasteiger partial charge in [0, 0.05) is 12.3 Å². The van der Waals surface area contributed by atoms with Crippen LogP contribution in [0.1, 0.15) is 25.0 Å². The Morgan fingerprint density at radius 1 is 1.32 bits per heavy atom. The van der Waals surface area contributed by atoms with Crippen molar-refractivity contribution < 1.29 is 14.2 Å². The molecule has 0 amide bonds. The van der Waals surface area contributed by atoms with E-state index in [-0.39, 0.29) is 6.10 Å². The van der Waals surface area contributed by atoms with Crippen LogP contribution in [0, 0.1) is 5.92 Å². The molecular weight excluding hydrogens is 244 g/mol. The molecule has 0 radical (unpaired) electrons. The SMILES string of the molecule is COc1ccnc(COC2CCCC2CN)c1OC. The average Bonchev–Trinajstić information content (AvgIpc) is 2.91. The van der Waals surface area contributed by atoms with Crippen molar-refractivity contribution in [3.05, 3.63) is 18.0 Å². The van der Waals surface area contributed by atoms with Crippen LogP contribution in [0.15, 0.2) is 12.3 Å². The van der Waals surface area contributed by atoms with E-state index in [0.717, 1.165) is 18.5 Å². The number of rotatable bonds is 6. The van der Waals surface area contributed by atoms with Gasteiger partial charge in [0.2, 0.25) is 0 Å². The van der Waals surface area contributed by atoms with Crippen LogP contribution in [-0.2, 0) is 11.3 Å². The third kappa shape index (κ3) is 3.16. The first-order chi connectivity index (χ1) is 9.30. The van der Waals surface area contributed by atoms with E-state index in [9.17, 15) is 0 Å². The molecule has 19 heavy (non-hydrogen) atoms. The largest absolute Gasteiger partial charge is 0.493 e. The quantitative estimate of drug-likeness (QED) is 0.849. The number of aromatic nitrogens is 1. The maximum atomic E-state index is 5.96. The molecule has 0 aromatic carbocycles. The van der Waals surface area contributed by atoms with Crippen LogP contribution in [0.3, 0.4) is 0 Å². The van der Waals surface area contributed by atoms with E-state index in [4.69, 9.17) is 19.9 Å². The van der Waals surface area contributed by atoms with Crippen molar-refractivity contribution in [3.63, 3.8) is 0 Å². The van der Waals surface area contributed by atoms with E-state index in [1.165, 1.54) is 6.42 Å². The van der Waals surface area contributed by atoms with E-state index in [2.05, 4.69) is 4.98 Å². The minimum atomic E-state index is 0.239. The molecule has 0 spiro atoms. The molecule has 2 N–H and O–H groups in total. The Morgan fingerprint density at radius 2 is 2.16 bits per heavy atom. The lowest BCUT2D eigenvalue weighted by atomic mass is 10.1. The van der Waals surface area contributed by atoms with Crippen LogP contribution >= 0.6 is 0 Å². The van der Waals surface area contributed by atoms with Crippen LogP contribution in [-0.4, -0.2) is 31.9 Å². The fraction of sp³-hybridized carbons (Fsp3) is 0.643. The van der Waals surface area contributed by atoms with E-state index < -0.39 is 0 Å². The molecule has 1 heterocycles. The summed E-state index contributed by atoms with van der Waals surface area (Å²) in [6.45, 7) is 1.12. The van der Waals surface area contributed by atoms with Crippen LogP contribution < -0.4 is 15.2 Å². The number of hydrogen-bond donors (Lipinski definition) is 1. The molecule has 106 valence electrons. The zero-order chi connectivity index (χ0) is 13.7. The number of nitrogens with zero attached hydrogens (tertiary/aromatic N) is 1. The molecule has 1 saturated carbocycles. The second kappa shape index (κ2) is 6.73. The highest BCUT2D eigenvalue weighted by Crippen LogP contribution is 2.32. The first-order valence-corrected chi connectivity index (χ1v) is 6.67. The molecule has 1 fully saturated rings. The van der Waals surface area contributed by atoms with Gasteiger partial charge in [-0.05, 0) is 25.3 Å². The molecular formula is C14H22N2O3. The summed E-state index contributed by atoms with van der Waals surface area (Å²) in [5.41, 5.74) is 6.52. The van der Waals surface area contributed by atoms with Gasteiger partial charge in [-0.2, -0.15) is 0 Å². The fourth-order valence-corrected chi connectivity index (χ4v) is 2.63. The minimum absolute atomic E-state index is 0.239. The molecule has 2 unspecified atom stereocenters. The minimum Gasteiger partial charge on any atom is -0.493 e. The average molecular weight is 266 g/mol. The molecule has 0 aliphatic heterocycles. The normalized spacial score (nSPS) is 22.5. The van der Waals surface area contributed by atoms with Gasteiger partial charge in [0.25, 0.3) is 0 Å². The molecule has 0 bridgehead atoms. The highest BCUT2D eigenvalue weighted by atomic mass is 16.5. The molecule has 5 nitrogen and oxygen atoms in total. The Bertz CT molecular complexity index is 412. The number of nitrogens with two attached hydrogens (primary N) is 1. The maximum absolute atomic E-state index is 5.96. The lowest BCUT2D eigenvalue weighted by Gasteiger charge is -2.19. The van der Waals surface area contributed by atoms with Gasteiger partial charge >= 0.3 is 0 Å². The van der Waals surface area contributed by atoms with Gasteiger partial charge in [-0.15, -0.1) is 0 Å². The summed E-state index contributed by atoms with van der Waals surface area (Å²) in [7, 11) is 3.23. The van der Waals surface area contributed by atoms with Crippen molar-refractivity contribution in [3.8, 4) is 11.5 Å². The molecule has 1 aromatic rings. The van der Waals surface area contributed by atoms with Crippen molar-refractivity contribution in [2.45, 2.75) is 32.0 Å². The molecule has 0 saturated heterocycles. The number of hydrogen-bond acceptors (Lipinski definition) is 5. The van der Waals surface area contributed by atoms with Gasteiger partial charge in [0.15, 0.2) is 11.5 Å². The number of ether oxygens (including phenoxy) is 3. The maximum Gasteiger partial charge on any atom is 0.184 e. The summed E-state index contributed by atoms with van der Waals surface area (Å²) in [6.07, 6.45) is 5.37.